The first kappa shape index (κ1) is 21.8. The predicted octanol–water partition coefficient (Wildman–Crippen LogP) is 4.20. The number of rotatable bonds is 5. The minimum absolute atomic E-state index is 0.0330. The first-order chi connectivity index (χ1) is 12.9. The summed E-state index contributed by atoms with van der Waals surface area (Å²) < 4.78 is 10.5. The quantitative estimate of drug-likeness (QED) is 0.193. The number of hydrogen-bond acceptors (Lipinski definition) is 6. The maximum atomic E-state index is 12.1. The fraction of sp³-hybridized carbons (Fsp3) is 0.300. The van der Waals surface area contributed by atoms with Crippen LogP contribution < -0.4 is 0 Å². The SMILES string of the molecule is C/C=C(/OC)C(C)/C=C1\CN=C(c2ccc([N+](=O)[O-])cc2)OC1=O.C=CC. The second kappa shape index (κ2) is 10.7. The van der Waals surface area contributed by atoms with E-state index in [1.165, 1.54) is 24.3 Å². The van der Waals surface area contributed by atoms with Crippen molar-refractivity contribution in [2.24, 2.45) is 10.9 Å². The molecule has 1 unspecified atom stereocenters. The van der Waals surface area contributed by atoms with Crippen LogP contribution in [0.3, 0.4) is 0 Å². The number of nitro groups is 1. The van der Waals surface area contributed by atoms with Crippen molar-refractivity contribution in [2.75, 3.05) is 13.7 Å². The van der Waals surface area contributed by atoms with E-state index < -0.39 is 10.9 Å². The molecule has 0 saturated carbocycles. The van der Waals surface area contributed by atoms with Crippen molar-refractivity contribution >= 4 is 17.6 Å². The van der Waals surface area contributed by atoms with Crippen LogP contribution in [0, 0.1) is 16.0 Å². The molecule has 0 fully saturated rings. The fourth-order valence-corrected chi connectivity index (χ4v) is 2.35. The highest BCUT2D eigenvalue weighted by atomic mass is 16.6. The zero-order valence-electron chi connectivity index (χ0n) is 16.0. The number of hydrogen-bond donors (Lipinski definition) is 0. The van der Waals surface area contributed by atoms with E-state index in [0.717, 1.165) is 5.76 Å². The van der Waals surface area contributed by atoms with Gasteiger partial charge in [-0.05, 0) is 32.1 Å². The summed E-state index contributed by atoms with van der Waals surface area (Å²) in [6, 6.07) is 5.70. The Labute approximate surface area is 158 Å². The van der Waals surface area contributed by atoms with Gasteiger partial charge in [-0.1, -0.05) is 19.1 Å². The second-order valence-corrected chi connectivity index (χ2v) is 5.60. The van der Waals surface area contributed by atoms with Crippen LogP contribution in [-0.2, 0) is 14.3 Å². The number of nitro benzene ring substituents is 1. The number of benzene rings is 1. The summed E-state index contributed by atoms with van der Waals surface area (Å²) in [6.07, 6.45) is 5.35. The number of nitrogens with zero attached hydrogens (tertiary/aromatic N) is 2. The van der Waals surface area contributed by atoms with Crippen LogP contribution in [-0.4, -0.2) is 30.4 Å². The summed E-state index contributed by atoms with van der Waals surface area (Å²) in [7, 11) is 1.58. The average Bonchev–Trinajstić information content (AvgIpc) is 2.65. The lowest BCUT2D eigenvalue weighted by atomic mass is 10.0. The molecule has 0 aromatic heterocycles. The van der Waals surface area contributed by atoms with Gasteiger partial charge in [0, 0.05) is 23.6 Å². The standard InChI is InChI=1S/C17H18N2O5.C3H6/c1-4-15(23-3)11(2)9-13-10-18-16(24-17(13)20)12-5-7-14(8-6-12)19(21)22;1-3-2/h4-9,11H,10H2,1-3H3;3H,1H2,2H3/b13-9+,15-4+;. The first-order valence-corrected chi connectivity index (χ1v) is 8.37. The summed E-state index contributed by atoms with van der Waals surface area (Å²) in [5.74, 6) is 0.369. The lowest BCUT2D eigenvalue weighted by molar-refractivity contribution is -0.384. The van der Waals surface area contributed by atoms with Gasteiger partial charge in [-0.3, -0.25) is 10.1 Å². The van der Waals surface area contributed by atoms with E-state index >= 15 is 0 Å². The van der Waals surface area contributed by atoms with Crippen LogP contribution >= 0.6 is 0 Å². The van der Waals surface area contributed by atoms with Crippen LogP contribution in [0.5, 0.6) is 0 Å². The third-order valence-corrected chi connectivity index (χ3v) is 3.59. The Hall–Kier alpha value is -3.22. The molecule has 0 N–H and O–H groups in total. The lowest BCUT2D eigenvalue weighted by Crippen LogP contribution is -2.23. The van der Waals surface area contributed by atoms with Crippen molar-refractivity contribution < 1.29 is 19.2 Å². The van der Waals surface area contributed by atoms with Crippen molar-refractivity contribution in [3.8, 4) is 0 Å². The maximum absolute atomic E-state index is 12.1. The van der Waals surface area contributed by atoms with Gasteiger partial charge in [-0.2, -0.15) is 0 Å². The molecule has 27 heavy (non-hydrogen) atoms. The van der Waals surface area contributed by atoms with Gasteiger partial charge in [0.15, 0.2) is 0 Å². The minimum Gasteiger partial charge on any atom is -0.501 e. The Bertz CT molecular complexity index is 776. The molecule has 144 valence electrons. The Morgan fingerprint density at radius 1 is 1.37 bits per heavy atom. The summed E-state index contributed by atoms with van der Waals surface area (Å²) >= 11 is 0. The number of non-ortho nitro benzene ring substituents is 1. The van der Waals surface area contributed by atoms with Crippen molar-refractivity contribution in [1.29, 1.82) is 0 Å². The molecule has 0 aliphatic carbocycles. The lowest BCUT2D eigenvalue weighted by Gasteiger charge is -2.17. The number of methoxy groups -OCH3 is 1. The van der Waals surface area contributed by atoms with Crippen LogP contribution in [0.4, 0.5) is 5.69 Å². The molecule has 7 heteroatoms. The van der Waals surface area contributed by atoms with E-state index in [9.17, 15) is 14.9 Å². The maximum Gasteiger partial charge on any atom is 0.342 e. The smallest absolute Gasteiger partial charge is 0.342 e. The normalized spacial score (nSPS) is 16.4. The van der Waals surface area contributed by atoms with Gasteiger partial charge in [0.25, 0.3) is 5.69 Å². The van der Waals surface area contributed by atoms with Gasteiger partial charge in [0.05, 0.1) is 29.9 Å². The molecule has 0 bridgehead atoms. The van der Waals surface area contributed by atoms with Crippen molar-refractivity contribution in [3.63, 3.8) is 0 Å². The Morgan fingerprint density at radius 3 is 2.41 bits per heavy atom. The highest BCUT2D eigenvalue weighted by Gasteiger charge is 2.23. The Morgan fingerprint density at radius 2 is 1.96 bits per heavy atom. The summed E-state index contributed by atoms with van der Waals surface area (Å²) in [5.41, 5.74) is 0.936. The van der Waals surface area contributed by atoms with Gasteiger partial charge in [-0.15, -0.1) is 6.58 Å². The molecule has 0 spiro atoms. The molecule has 1 aliphatic rings. The van der Waals surface area contributed by atoms with Gasteiger partial charge >= 0.3 is 5.97 Å². The van der Waals surface area contributed by atoms with Crippen molar-refractivity contribution in [3.05, 3.63) is 76.1 Å². The molecule has 2 rings (SSSR count). The molecule has 0 saturated heterocycles. The number of carbonyl (C=O) groups excluding carboxylic acids is 1. The fourth-order valence-electron chi connectivity index (χ4n) is 2.35. The molecular weight excluding hydrogens is 348 g/mol. The van der Waals surface area contributed by atoms with E-state index in [-0.39, 0.29) is 24.0 Å². The van der Waals surface area contributed by atoms with Crippen molar-refractivity contribution in [1.82, 2.24) is 0 Å². The van der Waals surface area contributed by atoms with E-state index in [0.29, 0.717) is 11.1 Å². The van der Waals surface area contributed by atoms with Crippen LogP contribution in [0.15, 0.2) is 65.4 Å². The number of allylic oxidation sites excluding steroid dienone is 3. The summed E-state index contributed by atoms with van der Waals surface area (Å²) in [5, 5.41) is 10.7. The summed E-state index contributed by atoms with van der Waals surface area (Å²) in [6.45, 7) is 9.21. The van der Waals surface area contributed by atoms with Gasteiger partial charge in [-0.25, -0.2) is 9.79 Å². The van der Waals surface area contributed by atoms with Gasteiger partial charge in [0.1, 0.15) is 0 Å². The average molecular weight is 372 g/mol. The molecule has 1 heterocycles. The van der Waals surface area contributed by atoms with E-state index in [1.54, 1.807) is 19.3 Å². The van der Waals surface area contributed by atoms with E-state index in [1.807, 2.05) is 26.8 Å². The zero-order chi connectivity index (χ0) is 20.4. The van der Waals surface area contributed by atoms with Crippen molar-refractivity contribution in [2.45, 2.75) is 20.8 Å². The predicted molar refractivity (Wildman–Crippen MR) is 104 cm³/mol. The molecule has 1 aromatic carbocycles. The topological polar surface area (TPSA) is 91.0 Å². The molecule has 7 nitrogen and oxygen atoms in total. The number of esters is 1. The monoisotopic (exact) mass is 372 g/mol. The zero-order valence-corrected chi connectivity index (χ0v) is 16.0. The van der Waals surface area contributed by atoms with E-state index in [2.05, 4.69) is 11.6 Å². The Balaban J connectivity index is 0.00000114. The molecule has 1 aliphatic heterocycles. The molecule has 0 amide bonds. The third-order valence-electron chi connectivity index (χ3n) is 3.59. The molecule has 1 atom stereocenters. The highest BCUT2D eigenvalue weighted by Crippen LogP contribution is 2.20. The van der Waals surface area contributed by atoms with E-state index in [4.69, 9.17) is 9.47 Å². The number of aliphatic imine (C=N–C) groups is 1. The van der Waals surface area contributed by atoms with Gasteiger partial charge < -0.3 is 9.47 Å². The molecule has 1 aromatic rings. The highest BCUT2D eigenvalue weighted by molar-refractivity contribution is 6.07. The van der Waals surface area contributed by atoms with Crippen LogP contribution in [0.2, 0.25) is 0 Å². The number of carbonyl (C=O) groups is 1. The second-order valence-electron chi connectivity index (χ2n) is 5.60. The minimum atomic E-state index is -0.491. The largest absolute Gasteiger partial charge is 0.501 e. The molecular formula is C20H24N2O5. The van der Waals surface area contributed by atoms with Crippen LogP contribution in [0.25, 0.3) is 0 Å². The van der Waals surface area contributed by atoms with Gasteiger partial charge in [0.2, 0.25) is 5.90 Å². The number of cyclic esters (lactones) is 1. The third kappa shape index (κ3) is 6.22. The first-order valence-electron chi connectivity index (χ1n) is 8.37. The summed E-state index contributed by atoms with van der Waals surface area (Å²) in [4.78, 5) is 26.6. The Kier molecular flexibility index (Phi) is 8.65. The van der Waals surface area contributed by atoms with Crippen LogP contribution in [0.1, 0.15) is 26.3 Å². The molecule has 0 radical (unpaired) electrons. The number of ether oxygens (including phenoxy) is 2.